The SMILES string of the molecule is CCCCOC(=O)CCCCCCC(O)CN(CCCCC(=O)OCCN1CCN(CCSSCCCN(CC(O)CCCCC(=O)OCC(CC)CC)CC(O)CCCCC(=O)OCC(CC)CC)CC1)CC(O)CCCCCCC(=O)OCCCC. The molecule has 20 heteroatoms. The molecule has 0 aromatic carbocycles. The minimum absolute atomic E-state index is 0.136. The summed E-state index contributed by atoms with van der Waals surface area (Å²) in [5.41, 5.74) is 0. The number of aliphatic hydroxyl groups excluding tert-OH is 4. The van der Waals surface area contributed by atoms with Gasteiger partial charge in [0, 0.05) is 109 Å². The van der Waals surface area contributed by atoms with Gasteiger partial charge in [0.1, 0.15) is 6.61 Å². The van der Waals surface area contributed by atoms with Gasteiger partial charge < -0.3 is 44.1 Å². The lowest BCUT2D eigenvalue weighted by Gasteiger charge is -2.34. The second kappa shape index (κ2) is 58.5. The molecule has 4 N–H and O–H groups in total. The van der Waals surface area contributed by atoms with Gasteiger partial charge in [-0.15, -0.1) is 0 Å². The third-order valence-corrected chi connectivity index (χ3v) is 19.3. The van der Waals surface area contributed by atoms with E-state index in [4.69, 9.17) is 23.7 Å². The Morgan fingerprint density at radius 3 is 1.09 bits per heavy atom. The second-order valence-corrected chi connectivity index (χ2v) is 27.5. The molecule has 0 spiro atoms. The zero-order chi connectivity index (χ0) is 64.7. The zero-order valence-corrected chi connectivity index (χ0v) is 58.1. The molecule has 0 bridgehead atoms. The number of carbonyl (C=O) groups is 5. The molecule has 0 amide bonds. The molecule has 0 aromatic rings. The molecule has 1 heterocycles. The fourth-order valence-corrected chi connectivity index (χ4v) is 12.7. The van der Waals surface area contributed by atoms with Crippen LogP contribution in [0.3, 0.4) is 0 Å². The highest BCUT2D eigenvalue weighted by Gasteiger charge is 2.21. The van der Waals surface area contributed by atoms with Gasteiger partial charge >= 0.3 is 29.8 Å². The highest BCUT2D eigenvalue weighted by atomic mass is 33.1. The quantitative estimate of drug-likeness (QED) is 0.0192. The number of carbonyl (C=O) groups excluding carboxylic acids is 5. The molecule has 18 nitrogen and oxygen atoms in total. The summed E-state index contributed by atoms with van der Waals surface area (Å²) in [6.45, 7) is 23.6. The summed E-state index contributed by atoms with van der Waals surface area (Å²) in [4.78, 5) is 70.4. The summed E-state index contributed by atoms with van der Waals surface area (Å²) in [5, 5.41) is 44.2. The van der Waals surface area contributed by atoms with E-state index in [2.05, 4.69) is 61.1 Å². The van der Waals surface area contributed by atoms with E-state index in [9.17, 15) is 44.4 Å². The third-order valence-electron chi connectivity index (χ3n) is 16.9. The van der Waals surface area contributed by atoms with Crippen molar-refractivity contribution in [3.63, 3.8) is 0 Å². The number of rotatable bonds is 62. The molecule has 1 saturated heterocycles. The molecule has 0 aliphatic carbocycles. The van der Waals surface area contributed by atoms with Crippen molar-refractivity contribution in [3.8, 4) is 0 Å². The fraction of sp³-hybridized carbons (Fsp3) is 0.926. The van der Waals surface area contributed by atoms with Crippen molar-refractivity contribution in [1.29, 1.82) is 0 Å². The maximum absolute atomic E-state index is 12.8. The molecule has 1 aliphatic heterocycles. The molecule has 4 atom stereocenters. The van der Waals surface area contributed by atoms with Crippen LogP contribution >= 0.6 is 21.6 Å². The number of hydrogen-bond donors (Lipinski definition) is 4. The first-order valence-corrected chi connectivity index (χ1v) is 37.8. The Balaban J connectivity index is 2.46. The molecular formula is C68H130N4O14S2. The maximum Gasteiger partial charge on any atom is 0.305 e. The molecule has 0 radical (unpaired) electrons. The summed E-state index contributed by atoms with van der Waals surface area (Å²) < 4.78 is 27.1. The van der Waals surface area contributed by atoms with Gasteiger partial charge in [-0.2, -0.15) is 0 Å². The van der Waals surface area contributed by atoms with Crippen LogP contribution in [0.4, 0.5) is 0 Å². The first kappa shape index (κ1) is 83.7. The summed E-state index contributed by atoms with van der Waals surface area (Å²) >= 11 is 0. The molecule has 1 fully saturated rings. The van der Waals surface area contributed by atoms with Gasteiger partial charge in [0.25, 0.3) is 0 Å². The minimum Gasteiger partial charge on any atom is -0.466 e. The Hall–Kier alpha value is -2.27. The standard InChI is InChI=1S/C68H130N4O14S2/c1-7-13-47-82-64(77)34-21-17-15-19-30-60(73)52-71(53-61(74)31-20-16-18-22-35-65(78)83-48-14-8-2)39-28-27-38-66(79)84-49-45-69-41-43-70(44-42-69)46-51-88-87-50-29-40-72(54-62(75)32-23-25-36-67(80)85-56-58(9-3)10-4)55-63(76)33-24-26-37-68(81)86-57-59(11-5)12-6/h58-63,73-76H,7-57H2,1-6H3. The van der Waals surface area contributed by atoms with E-state index >= 15 is 0 Å². The van der Waals surface area contributed by atoms with Crippen LogP contribution < -0.4 is 0 Å². The Labute approximate surface area is 542 Å². The lowest BCUT2D eigenvalue weighted by molar-refractivity contribution is -0.146. The Morgan fingerprint density at radius 2 is 0.693 bits per heavy atom. The van der Waals surface area contributed by atoms with Crippen molar-refractivity contribution in [2.24, 2.45) is 11.8 Å². The van der Waals surface area contributed by atoms with Gasteiger partial charge in [-0.3, -0.25) is 43.6 Å². The lowest BCUT2D eigenvalue weighted by atomic mass is 10.1. The average molecular weight is 1290 g/mol. The first-order chi connectivity index (χ1) is 42.6. The molecule has 518 valence electrons. The minimum atomic E-state index is -0.561. The number of ether oxygens (including phenoxy) is 5. The van der Waals surface area contributed by atoms with E-state index < -0.39 is 24.4 Å². The van der Waals surface area contributed by atoms with E-state index in [1.54, 1.807) is 0 Å². The van der Waals surface area contributed by atoms with Crippen LogP contribution in [0, 0.1) is 11.8 Å². The third kappa shape index (κ3) is 50.3. The van der Waals surface area contributed by atoms with Crippen LogP contribution in [-0.4, -0.2) is 217 Å². The van der Waals surface area contributed by atoms with Gasteiger partial charge in [0.05, 0.1) is 50.8 Å². The zero-order valence-electron chi connectivity index (χ0n) is 56.5. The van der Waals surface area contributed by atoms with Crippen LogP contribution in [0.2, 0.25) is 0 Å². The van der Waals surface area contributed by atoms with Gasteiger partial charge in [-0.25, -0.2) is 0 Å². The number of piperazine rings is 1. The molecular weight excluding hydrogens is 1160 g/mol. The summed E-state index contributed by atoms with van der Waals surface area (Å²) in [7, 11) is 3.75. The van der Waals surface area contributed by atoms with Gasteiger partial charge in [-0.1, -0.05) is 153 Å². The summed E-state index contributed by atoms with van der Waals surface area (Å²) in [5.74, 6) is 1.96. The second-order valence-electron chi connectivity index (χ2n) is 24.8. The van der Waals surface area contributed by atoms with E-state index in [-0.39, 0.29) is 29.8 Å². The predicted molar refractivity (Wildman–Crippen MR) is 358 cm³/mol. The Bertz CT molecular complexity index is 1590. The van der Waals surface area contributed by atoms with Crippen molar-refractivity contribution in [1.82, 2.24) is 19.6 Å². The fourth-order valence-electron chi connectivity index (χ4n) is 10.6. The molecule has 88 heavy (non-hydrogen) atoms. The topological polar surface area (TPSA) is 225 Å². The Morgan fingerprint density at radius 1 is 0.375 bits per heavy atom. The average Bonchev–Trinajstić information content (AvgIpc) is 3.52. The highest BCUT2D eigenvalue weighted by Crippen LogP contribution is 2.23. The number of nitrogens with zero attached hydrogens (tertiary/aromatic N) is 4. The molecule has 0 saturated carbocycles. The van der Waals surface area contributed by atoms with E-state index in [0.29, 0.717) is 161 Å². The summed E-state index contributed by atoms with van der Waals surface area (Å²) in [6, 6.07) is 0. The number of aliphatic hydroxyl groups is 4. The van der Waals surface area contributed by atoms with Crippen LogP contribution in [0.5, 0.6) is 0 Å². The van der Waals surface area contributed by atoms with Crippen LogP contribution in [0.15, 0.2) is 0 Å². The molecule has 1 aliphatic rings. The molecule has 4 unspecified atom stereocenters. The van der Waals surface area contributed by atoms with Crippen LogP contribution in [-0.2, 0) is 47.7 Å². The van der Waals surface area contributed by atoms with Crippen molar-refractivity contribution >= 4 is 51.4 Å². The van der Waals surface area contributed by atoms with E-state index in [0.717, 1.165) is 179 Å². The smallest absolute Gasteiger partial charge is 0.305 e. The maximum atomic E-state index is 12.8. The predicted octanol–water partition coefficient (Wildman–Crippen LogP) is 11.6. The van der Waals surface area contributed by atoms with Gasteiger partial charge in [0.2, 0.25) is 0 Å². The number of esters is 5. The number of unbranched alkanes of at least 4 members (excludes halogenated alkanes) is 11. The lowest BCUT2D eigenvalue weighted by Crippen LogP contribution is -2.47. The summed E-state index contributed by atoms with van der Waals surface area (Å²) in [6.07, 6.45) is 22.0. The monoisotopic (exact) mass is 1290 g/mol. The van der Waals surface area contributed by atoms with Gasteiger partial charge in [-0.05, 0) is 108 Å². The van der Waals surface area contributed by atoms with Crippen molar-refractivity contribution < 1.29 is 68.1 Å². The van der Waals surface area contributed by atoms with Crippen molar-refractivity contribution in [2.45, 2.75) is 271 Å². The highest BCUT2D eigenvalue weighted by molar-refractivity contribution is 8.76. The van der Waals surface area contributed by atoms with E-state index in [1.807, 2.05) is 21.6 Å². The Kier molecular flexibility index (Phi) is 55.7. The first-order valence-electron chi connectivity index (χ1n) is 35.3. The molecule has 0 aromatic heterocycles. The van der Waals surface area contributed by atoms with Crippen molar-refractivity contribution in [2.75, 3.05) is 123 Å². The van der Waals surface area contributed by atoms with Crippen LogP contribution in [0.25, 0.3) is 0 Å². The normalized spacial score (nSPS) is 14.6. The number of hydrogen-bond acceptors (Lipinski definition) is 20. The van der Waals surface area contributed by atoms with Gasteiger partial charge in [0.15, 0.2) is 0 Å². The van der Waals surface area contributed by atoms with Crippen molar-refractivity contribution in [3.05, 3.63) is 0 Å². The molecule has 1 rings (SSSR count). The largest absolute Gasteiger partial charge is 0.466 e. The van der Waals surface area contributed by atoms with E-state index in [1.165, 1.54) is 0 Å². The van der Waals surface area contributed by atoms with Crippen LogP contribution in [0.1, 0.15) is 247 Å².